The van der Waals surface area contributed by atoms with Crippen LogP contribution in [0.4, 0.5) is 0 Å². The molecule has 0 aliphatic carbocycles. The second kappa shape index (κ2) is 5.55. The van der Waals surface area contributed by atoms with Gasteiger partial charge in [0.15, 0.2) is 0 Å². The molecule has 3 nitrogen and oxygen atoms in total. The summed E-state index contributed by atoms with van der Waals surface area (Å²) in [4.78, 5) is 0. The molecule has 1 aromatic heterocycles. The molecule has 88 valence electrons. The fraction of sp³-hybridized carbons (Fsp3) is 0.286. The highest BCUT2D eigenvalue weighted by atomic mass is 15.1. The molecule has 0 amide bonds. The van der Waals surface area contributed by atoms with Crippen molar-refractivity contribution in [3.05, 3.63) is 59.4 Å². The number of nitrogens with zero attached hydrogens (tertiary/aromatic N) is 2. The van der Waals surface area contributed by atoms with Crippen LogP contribution in [0.2, 0.25) is 0 Å². The van der Waals surface area contributed by atoms with Crippen molar-refractivity contribution in [2.24, 2.45) is 0 Å². The second-order valence-electron chi connectivity index (χ2n) is 4.08. The Bertz CT molecular complexity index is 451. The molecular formula is C14H17N3. The SMILES string of the molecule is CCNC(c1ccc(C)cc1)c1ccnnc1. The number of hydrogen-bond acceptors (Lipinski definition) is 3. The third kappa shape index (κ3) is 2.88. The maximum Gasteiger partial charge on any atom is 0.0593 e. The van der Waals surface area contributed by atoms with Gasteiger partial charge in [-0.2, -0.15) is 10.2 Å². The number of hydrogen-bond donors (Lipinski definition) is 1. The van der Waals surface area contributed by atoms with E-state index in [0.717, 1.165) is 12.1 Å². The highest BCUT2D eigenvalue weighted by Gasteiger charge is 2.12. The minimum atomic E-state index is 0.191. The Morgan fingerprint density at radius 3 is 2.41 bits per heavy atom. The molecule has 0 saturated carbocycles. The fourth-order valence-corrected chi connectivity index (χ4v) is 1.86. The lowest BCUT2D eigenvalue weighted by Crippen LogP contribution is -2.22. The zero-order valence-corrected chi connectivity index (χ0v) is 10.2. The van der Waals surface area contributed by atoms with Gasteiger partial charge in [-0.05, 0) is 30.7 Å². The van der Waals surface area contributed by atoms with Crippen LogP contribution >= 0.6 is 0 Å². The van der Waals surface area contributed by atoms with Crippen molar-refractivity contribution in [3.8, 4) is 0 Å². The highest BCUT2D eigenvalue weighted by molar-refractivity contribution is 5.31. The van der Waals surface area contributed by atoms with Crippen molar-refractivity contribution in [2.45, 2.75) is 19.9 Å². The van der Waals surface area contributed by atoms with Crippen LogP contribution in [0.15, 0.2) is 42.7 Å². The van der Waals surface area contributed by atoms with Crippen LogP contribution in [0.25, 0.3) is 0 Å². The number of aryl methyl sites for hydroxylation is 1. The van der Waals surface area contributed by atoms with Crippen molar-refractivity contribution >= 4 is 0 Å². The van der Waals surface area contributed by atoms with Crippen molar-refractivity contribution in [1.29, 1.82) is 0 Å². The second-order valence-corrected chi connectivity index (χ2v) is 4.08. The minimum Gasteiger partial charge on any atom is -0.306 e. The third-order valence-corrected chi connectivity index (χ3v) is 2.76. The van der Waals surface area contributed by atoms with E-state index in [0.29, 0.717) is 0 Å². The predicted molar refractivity (Wildman–Crippen MR) is 68.7 cm³/mol. The van der Waals surface area contributed by atoms with Gasteiger partial charge in [0.1, 0.15) is 0 Å². The monoisotopic (exact) mass is 227 g/mol. The van der Waals surface area contributed by atoms with Crippen molar-refractivity contribution in [2.75, 3.05) is 6.54 Å². The molecule has 2 rings (SSSR count). The van der Waals surface area contributed by atoms with E-state index in [1.54, 1.807) is 6.20 Å². The van der Waals surface area contributed by atoms with Crippen molar-refractivity contribution in [3.63, 3.8) is 0 Å². The molecule has 1 heterocycles. The number of rotatable bonds is 4. The van der Waals surface area contributed by atoms with Gasteiger partial charge in [-0.15, -0.1) is 0 Å². The standard InChI is InChI=1S/C14H17N3/c1-3-15-14(13-8-9-16-17-10-13)12-6-4-11(2)5-7-12/h4-10,14-15H,3H2,1-2H3. The topological polar surface area (TPSA) is 37.8 Å². The zero-order valence-electron chi connectivity index (χ0n) is 10.2. The van der Waals surface area contributed by atoms with Crippen LogP contribution in [0, 0.1) is 6.92 Å². The molecule has 1 aromatic carbocycles. The summed E-state index contributed by atoms with van der Waals surface area (Å²) in [5.41, 5.74) is 3.67. The Hall–Kier alpha value is -1.74. The van der Waals surface area contributed by atoms with Gasteiger partial charge in [-0.25, -0.2) is 0 Å². The summed E-state index contributed by atoms with van der Waals surface area (Å²) >= 11 is 0. The molecule has 1 N–H and O–H groups in total. The lowest BCUT2D eigenvalue weighted by atomic mass is 9.99. The summed E-state index contributed by atoms with van der Waals surface area (Å²) in [6, 6.07) is 10.8. The smallest absolute Gasteiger partial charge is 0.0593 e. The molecule has 0 radical (unpaired) electrons. The molecule has 1 atom stereocenters. The summed E-state index contributed by atoms with van der Waals surface area (Å²) in [6.07, 6.45) is 3.54. The molecule has 0 saturated heterocycles. The number of aromatic nitrogens is 2. The molecule has 17 heavy (non-hydrogen) atoms. The Kier molecular flexibility index (Phi) is 3.83. The average molecular weight is 227 g/mol. The molecule has 0 aliphatic heterocycles. The van der Waals surface area contributed by atoms with Crippen LogP contribution in [-0.4, -0.2) is 16.7 Å². The van der Waals surface area contributed by atoms with Gasteiger partial charge in [0.25, 0.3) is 0 Å². The zero-order chi connectivity index (χ0) is 12.1. The van der Waals surface area contributed by atoms with Gasteiger partial charge in [0.05, 0.1) is 12.2 Å². The van der Waals surface area contributed by atoms with E-state index >= 15 is 0 Å². The van der Waals surface area contributed by atoms with Gasteiger partial charge in [0.2, 0.25) is 0 Å². The Balaban J connectivity index is 2.32. The maximum absolute atomic E-state index is 3.94. The quantitative estimate of drug-likeness (QED) is 0.872. The summed E-state index contributed by atoms with van der Waals surface area (Å²) in [5.74, 6) is 0. The van der Waals surface area contributed by atoms with Gasteiger partial charge in [-0.3, -0.25) is 0 Å². The molecule has 3 heteroatoms. The average Bonchev–Trinajstić information content (AvgIpc) is 2.38. The van der Waals surface area contributed by atoms with E-state index in [1.807, 2.05) is 12.3 Å². The van der Waals surface area contributed by atoms with Crippen LogP contribution < -0.4 is 5.32 Å². The molecule has 0 aliphatic rings. The molecule has 2 aromatic rings. The molecular weight excluding hydrogens is 210 g/mol. The van der Waals surface area contributed by atoms with E-state index in [1.165, 1.54) is 11.1 Å². The van der Waals surface area contributed by atoms with Gasteiger partial charge >= 0.3 is 0 Å². The van der Waals surface area contributed by atoms with Crippen LogP contribution in [0.5, 0.6) is 0 Å². The molecule has 1 unspecified atom stereocenters. The van der Waals surface area contributed by atoms with Crippen LogP contribution in [0.1, 0.15) is 29.7 Å². The summed E-state index contributed by atoms with van der Waals surface area (Å²) in [7, 11) is 0. The minimum absolute atomic E-state index is 0.191. The lowest BCUT2D eigenvalue weighted by molar-refractivity contribution is 0.626. The molecule has 0 spiro atoms. The summed E-state index contributed by atoms with van der Waals surface area (Å²) in [6.45, 7) is 5.12. The first-order valence-corrected chi connectivity index (χ1v) is 5.88. The fourth-order valence-electron chi connectivity index (χ4n) is 1.86. The van der Waals surface area contributed by atoms with E-state index in [2.05, 4.69) is 53.6 Å². The first-order valence-electron chi connectivity index (χ1n) is 5.88. The molecule has 0 fully saturated rings. The van der Waals surface area contributed by atoms with E-state index < -0.39 is 0 Å². The van der Waals surface area contributed by atoms with Crippen LogP contribution in [0.3, 0.4) is 0 Å². The van der Waals surface area contributed by atoms with Crippen molar-refractivity contribution < 1.29 is 0 Å². The van der Waals surface area contributed by atoms with E-state index in [9.17, 15) is 0 Å². The molecule has 0 bridgehead atoms. The first kappa shape index (κ1) is 11.7. The van der Waals surface area contributed by atoms with Gasteiger partial charge < -0.3 is 5.32 Å². The third-order valence-electron chi connectivity index (χ3n) is 2.76. The predicted octanol–water partition coefficient (Wildman–Crippen LogP) is 2.48. The summed E-state index contributed by atoms with van der Waals surface area (Å²) < 4.78 is 0. The summed E-state index contributed by atoms with van der Waals surface area (Å²) in [5, 5.41) is 11.2. The normalized spacial score (nSPS) is 12.4. The number of nitrogens with one attached hydrogen (secondary N) is 1. The van der Waals surface area contributed by atoms with E-state index in [4.69, 9.17) is 0 Å². The lowest BCUT2D eigenvalue weighted by Gasteiger charge is -2.18. The van der Waals surface area contributed by atoms with Crippen LogP contribution in [-0.2, 0) is 0 Å². The number of benzene rings is 1. The van der Waals surface area contributed by atoms with Gasteiger partial charge in [-0.1, -0.05) is 36.8 Å². The maximum atomic E-state index is 3.94. The Morgan fingerprint density at radius 2 is 1.82 bits per heavy atom. The largest absolute Gasteiger partial charge is 0.306 e. The first-order chi connectivity index (χ1) is 8.31. The Morgan fingerprint density at radius 1 is 1.06 bits per heavy atom. The Labute approximate surface area is 102 Å². The van der Waals surface area contributed by atoms with E-state index in [-0.39, 0.29) is 6.04 Å². The van der Waals surface area contributed by atoms with Crippen molar-refractivity contribution in [1.82, 2.24) is 15.5 Å². The highest BCUT2D eigenvalue weighted by Crippen LogP contribution is 2.21. The van der Waals surface area contributed by atoms with Gasteiger partial charge in [0, 0.05) is 6.20 Å².